The first kappa shape index (κ1) is 16.5. The first-order valence-electron chi connectivity index (χ1n) is 9.21. The van der Waals surface area contributed by atoms with Crippen LogP contribution in [-0.4, -0.2) is 40.3 Å². The maximum Gasteiger partial charge on any atom is 0.161 e. The lowest BCUT2D eigenvalue weighted by molar-refractivity contribution is 0.628. The molecule has 3 N–H and O–H groups in total. The van der Waals surface area contributed by atoms with E-state index in [2.05, 4.69) is 30.4 Å². The molecular weight excluding hydrogens is 383 g/mol. The Balaban J connectivity index is 1.52. The minimum atomic E-state index is -0.295. The molecule has 144 valence electrons. The maximum absolute atomic E-state index is 13.3. The zero-order chi connectivity index (χ0) is 20.1. The van der Waals surface area contributed by atoms with Crippen molar-refractivity contribution < 1.29 is 4.39 Å². The number of hydrogen-bond acceptors (Lipinski definition) is 5. The quantitative estimate of drug-likeness (QED) is 0.417. The number of aromatic amines is 3. The number of rotatable bonds is 3. The minimum Gasteiger partial charge on any atom is -0.336 e. The van der Waals surface area contributed by atoms with E-state index < -0.39 is 0 Å². The van der Waals surface area contributed by atoms with Crippen LogP contribution in [0.5, 0.6) is 0 Å². The standard InChI is InChI=1S/C21H13FN8/c22-13-3-1-11(2-4-13)17-18-15(7-8-23-17)27-21(28-18)20-19-16(29-30-20)6-5-14(26-19)12-9-24-25-10-12/h1-10H,(H,24,25)(H,27,28)(H,29,30). The fourth-order valence-corrected chi connectivity index (χ4v) is 3.48. The van der Waals surface area contributed by atoms with E-state index in [-0.39, 0.29) is 5.82 Å². The van der Waals surface area contributed by atoms with Crippen molar-refractivity contribution in [3.63, 3.8) is 0 Å². The molecule has 0 amide bonds. The molecule has 0 aliphatic heterocycles. The topological polar surface area (TPSA) is 112 Å². The summed E-state index contributed by atoms with van der Waals surface area (Å²) < 4.78 is 13.3. The summed E-state index contributed by atoms with van der Waals surface area (Å²) in [6.07, 6.45) is 5.20. The molecule has 1 aromatic carbocycles. The van der Waals surface area contributed by atoms with Crippen LogP contribution in [0.4, 0.5) is 4.39 Å². The molecule has 9 heteroatoms. The molecule has 5 heterocycles. The van der Waals surface area contributed by atoms with Crippen molar-refractivity contribution in [3.05, 3.63) is 66.9 Å². The normalized spacial score (nSPS) is 11.5. The van der Waals surface area contributed by atoms with Crippen molar-refractivity contribution in [1.82, 2.24) is 40.3 Å². The number of nitrogens with zero attached hydrogens (tertiary/aromatic N) is 5. The minimum absolute atomic E-state index is 0.295. The average Bonchev–Trinajstić information content (AvgIpc) is 3.52. The second-order valence-corrected chi connectivity index (χ2v) is 6.80. The van der Waals surface area contributed by atoms with Crippen LogP contribution in [0.15, 0.2) is 61.1 Å². The van der Waals surface area contributed by atoms with E-state index >= 15 is 0 Å². The molecule has 6 rings (SSSR count). The molecular formula is C21H13FN8. The number of pyridine rings is 2. The van der Waals surface area contributed by atoms with Crippen LogP contribution in [0.2, 0.25) is 0 Å². The highest BCUT2D eigenvalue weighted by molar-refractivity contribution is 5.95. The summed E-state index contributed by atoms with van der Waals surface area (Å²) in [6, 6.07) is 11.9. The van der Waals surface area contributed by atoms with Gasteiger partial charge in [0.2, 0.25) is 0 Å². The Hall–Kier alpha value is -4.40. The highest BCUT2D eigenvalue weighted by Gasteiger charge is 2.17. The Morgan fingerprint density at radius 2 is 1.67 bits per heavy atom. The van der Waals surface area contributed by atoms with Gasteiger partial charge in [-0.2, -0.15) is 10.2 Å². The summed E-state index contributed by atoms with van der Waals surface area (Å²) in [5.41, 5.74) is 6.72. The fraction of sp³-hybridized carbons (Fsp3) is 0. The van der Waals surface area contributed by atoms with Gasteiger partial charge in [-0.3, -0.25) is 15.2 Å². The number of nitrogens with one attached hydrogen (secondary N) is 3. The van der Waals surface area contributed by atoms with Gasteiger partial charge in [-0.1, -0.05) is 0 Å². The van der Waals surface area contributed by atoms with Crippen molar-refractivity contribution in [2.24, 2.45) is 0 Å². The molecule has 6 aromatic rings. The number of H-pyrrole nitrogens is 3. The molecule has 0 spiro atoms. The van der Waals surface area contributed by atoms with Gasteiger partial charge in [0.1, 0.15) is 16.9 Å². The second-order valence-electron chi connectivity index (χ2n) is 6.80. The molecule has 30 heavy (non-hydrogen) atoms. The smallest absolute Gasteiger partial charge is 0.161 e. The number of benzene rings is 1. The Kier molecular flexibility index (Phi) is 3.48. The molecule has 0 radical (unpaired) electrons. The molecule has 0 bridgehead atoms. The summed E-state index contributed by atoms with van der Waals surface area (Å²) in [6.45, 7) is 0. The summed E-state index contributed by atoms with van der Waals surface area (Å²) in [5, 5.41) is 14.2. The van der Waals surface area contributed by atoms with E-state index in [1.54, 1.807) is 30.7 Å². The van der Waals surface area contributed by atoms with Gasteiger partial charge >= 0.3 is 0 Å². The number of hydrogen-bond donors (Lipinski definition) is 3. The molecule has 0 atom stereocenters. The van der Waals surface area contributed by atoms with Crippen LogP contribution in [0.3, 0.4) is 0 Å². The Morgan fingerprint density at radius 1 is 0.800 bits per heavy atom. The van der Waals surface area contributed by atoms with Gasteiger partial charge in [-0.25, -0.2) is 14.4 Å². The van der Waals surface area contributed by atoms with Gasteiger partial charge in [0.15, 0.2) is 11.5 Å². The first-order valence-corrected chi connectivity index (χ1v) is 9.21. The van der Waals surface area contributed by atoms with Gasteiger partial charge in [0, 0.05) is 23.5 Å². The molecule has 0 saturated heterocycles. The number of aromatic nitrogens is 8. The number of imidazole rings is 1. The van der Waals surface area contributed by atoms with E-state index in [1.807, 2.05) is 18.2 Å². The third-order valence-corrected chi connectivity index (χ3v) is 4.94. The van der Waals surface area contributed by atoms with Crippen LogP contribution in [-0.2, 0) is 0 Å². The van der Waals surface area contributed by atoms with Crippen molar-refractivity contribution in [2.45, 2.75) is 0 Å². The van der Waals surface area contributed by atoms with E-state index in [1.165, 1.54) is 12.1 Å². The van der Waals surface area contributed by atoms with E-state index in [4.69, 9.17) is 9.97 Å². The second kappa shape index (κ2) is 6.31. The third-order valence-electron chi connectivity index (χ3n) is 4.94. The van der Waals surface area contributed by atoms with Crippen LogP contribution in [0.25, 0.3) is 56.1 Å². The molecule has 0 unspecified atom stereocenters. The molecule has 0 saturated carbocycles. The van der Waals surface area contributed by atoms with E-state index in [0.717, 1.165) is 27.9 Å². The third kappa shape index (κ3) is 2.56. The van der Waals surface area contributed by atoms with Crippen molar-refractivity contribution in [3.8, 4) is 34.0 Å². The lowest BCUT2D eigenvalue weighted by Gasteiger charge is -2.01. The van der Waals surface area contributed by atoms with Crippen LogP contribution in [0, 0.1) is 5.82 Å². The van der Waals surface area contributed by atoms with Crippen LogP contribution < -0.4 is 0 Å². The predicted molar refractivity (Wildman–Crippen MR) is 110 cm³/mol. The summed E-state index contributed by atoms with van der Waals surface area (Å²) >= 11 is 0. The Labute approximate surface area is 168 Å². The zero-order valence-corrected chi connectivity index (χ0v) is 15.4. The predicted octanol–water partition coefficient (Wildman–Crippen LogP) is 4.09. The van der Waals surface area contributed by atoms with Gasteiger partial charge in [-0.05, 0) is 42.5 Å². The Morgan fingerprint density at radius 3 is 2.50 bits per heavy atom. The van der Waals surface area contributed by atoms with Gasteiger partial charge in [0.05, 0.1) is 28.6 Å². The molecule has 0 aliphatic rings. The first-order chi connectivity index (χ1) is 14.8. The summed E-state index contributed by atoms with van der Waals surface area (Å²) in [4.78, 5) is 17.2. The van der Waals surface area contributed by atoms with Crippen LogP contribution in [0.1, 0.15) is 0 Å². The van der Waals surface area contributed by atoms with Crippen molar-refractivity contribution in [1.29, 1.82) is 0 Å². The number of fused-ring (bicyclic) bond motifs is 2. The van der Waals surface area contributed by atoms with Gasteiger partial charge in [-0.15, -0.1) is 0 Å². The summed E-state index contributed by atoms with van der Waals surface area (Å²) in [7, 11) is 0. The lowest BCUT2D eigenvalue weighted by atomic mass is 10.1. The molecule has 0 fully saturated rings. The Bertz CT molecular complexity index is 1500. The average molecular weight is 396 g/mol. The largest absolute Gasteiger partial charge is 0.336 e. The molecule has 8 nitrogen and oxygen atoms in total. The van der Waals surface area contributed by atoms with Crippen molar-refractivity contribution in [2.75, 3.05) is 0 Å². The summed E-state index contributed by atoms with van der Waals surface area (Å²) in [5.74, 6) is 0.278. The maximum atomic E-state index is 13.3. The highest BCUT2D eigenvalue weighted by Crippen LogP contribution is 2.30. The highest BCUT2D eigenvalue weighted by atomic mass is 19.1. The number of halogens is 1. The van der Waals surface area contributed by atoms with Gasteiger partial charge < -0.3 is 4.98 Å². The van der Waals surface area contributed by atoms with Gasteiger partial charge in [0.25, 0.3) is 0 Å². The monoisotopic (exact) mass is 396 g/mol. The van der Waals surface area contributed by atoms with E-state index in [9.17, 15) is 4.39 Å². The van der Waals surface area contributed by atoms with Crippen molar-refractivity contribution >= 4 is 22.1 Å². The lowest BCUT2D eigenvalue weighted by Crippen LogP contribution is -1.87. The van der Waals surface area contributed by atoms with E-state index in [0.29, 0.717) is 28.2 Å². The fourth-order valence-electron chi connectivity index (χ4n) is 3.48. The van der Waals surface area contributed by atoms with Crippen LogP contribution >= 0.6 is 0 Å². The molecule has 5 aromatic heterocycles. The SMILES string of the molecule is Fc1ccc(-c2nccc3[nH]c(-c4n[nH]c5ccc(-c6cn[nH]c6)nc45)nc23)cc1. The zero-order valence-electron chi connectivity index (χ0n) is 15.4. The molecule has 0 aliphatic carbocycles.